The Kier molecular flexibility index (Phi) is 7.75. The molecule has 0 atom stereocenters. The monoisotopic (exact) mass is 413 g/mol. The first-order valence-electron chi connectivity index (χ1n) is 9.66. The van der Waals surface area contributed by atoms with Crippen LogP contribution in [0.15, 0.2) is 36.4 Å². The van der Waals surface area contributed by atoms with Gasteiger partial charge in [0.15, 0.2) is 11.5 Å². The molecule has 1 N–H and O–H groups in total. The molecule has 0 fully saturated rings. The topological polar surface area (TPSA) is 66.0 Å². The van der Waals surface area contributed by atoms with Crippen LogP contribution in [-0.4, -0.2) is 40.9 Å². The summed E-state index contributed by atoms with van der Waals surface area (Å²) in [4.78, 5) is 12.4. The smallest absolute Gasteiger partial charge is 0.225 e. The van der Waals surface area contributed by atoms with E-state index in [4.69, 9.17) is 18.9 Å². The maximum Gasteiger partial charge on any atom is 0.225 e. The molecule has 1 amide bonds. The molecular weight excluding hydrogens is 382 g/mol. The Morgan fingerprint density at radius 2 is 1.47 bits per heavy atom. The number of amides is 1. The fraction of sp³-hybridized carbons (Fsp3) is 0.375. The van der Waals surface area contributed by atoms with Crippen molar-refractivity contribution in [3.05, 3.63) is 47.5 Å². The lowest BCUT2D eigenvalue weighted by atomic mass is 9.95. The van der Waals surface area contributed by atoms with Crippen molar-refractivity contribution in [2.24, 2.45) is 5.41 Å². The van der Waals surface area contributed by atoms with E-state index in [0.717, 1.165) is 22.4 Å². The van der Waals surface area contributed by atoms with Crippen molar-refractivity contribution in [1.29, 1.82) is 0 Å². The van der Waals surface area contributed by atoms with Crippen LogP contribution in [0.4, 0.5) is 0 Å². The van der Waals surface area contributed by atoms with Gasteiger partial charge in [-0.1, -0.05) is 32.9 Å². The van der Waals surface area contributed by atoms with Crippen LogP contribution in [0.1, 0.15) is 31.9 Å². The average Bonchev–Trinajstić information content (AvgIpc) is 2.74. The quantitative estimate of drug-likeness (QED) is 0.649. The normalized spacial score (nSPS) is 11.6. The van der Waals surface area contributed by atoms with E-state index in [1.807, 2.05) is 63.2 Å². The fourth-order valence-corrected chi connectivity index (χ4v) is 2.87. The first-order chi connectivity index (χ1) is 14.2. The van der Waals surface area contributed by atoms with E-state index in [-0.39, 0.29) is 5.91 Å². The van der Waals surface area contributed by atoms with Crippen LogP contribution < -0.4 is 24.3 Å². The Bertz CT molecular complexity index is 870. The second-order valence-corrected chi connectivity index (χ2v) is 7.79. The summed E-state index contributed by atoms with van der Waals surface area (Å²) in [7, 11) is 6.36. The maximum atomic E-state index is 12.4. The summed E-state index contributed by atoms with van der Waals surface area (Å²) in [5, 5.41) is 3.02. The number of carbonyl (C=O) groups excluding carboxylic acids is 1. The molecule has 0 aliphatic carbocycles. The van der Waals surface area contributed by atoms with Gasteiger partial charge in [0.05, 0.1) is 28.4 Å². The number of methoxy groups -OCH3 is 4. The first-order valence-corrected chi connectivity index (χ1v) is 9.66. The molecular formula is C24H31NO5. The van der Waals surface area contributed by atoms with E-state index in [1.165, 1.54) is 0 Å². The molecule has 0 aliphatic heterocycles. The Balaban J connectivity index is 2.49. The van der Waals surface area contributed by atoms with Crippen molar-refractivity contribution in [3.8, 4) is 23.0 Å². The molecule has 0 aromatic heterocycles. The minimum Gasteiger partial charge on any atom is -0.497 e. The third-order valence-electron chi connectivity index (χ3n) is 4.61. The van der Waals surface area contributed by atoms with Crippen LogP contribution in [0.5, 0.6) is 23.0 Å². The molecule has 0 heterocycles. The molecule has 2 aromatic rings. The van der Waals surface area contributed by atoms with Gasteiger partial charge in [0.25, 0.3) is 0 Å². The minimum atomic E-state index is -0.475. The standard InChI is InChI=1S/C24H31NO5/c1-24(2,3)23(26)25-15-18(17-8-10-19(27-4)11-9-17)12-16-13-20(28-5)22(30-7)21(14-16)29-6/h8-14H,15H2,1-7H3,(H,25,26)/b18-12-. The fourth-order valence-electron chi connectivity index (χ4n) is 2.87. The summed E-state index contributed by atoms with van der Waals surface area (Å²) in [6.45, 7) is 6.04. The summed E-state index contributed by atoms with van der Waals surface area (Å²) in [6.07, 6.45) is 2.00. The second-order valence-electron chi connectivity index (χ2n) is 7.79. The molecule has 0 aliphatic rings. The zero-order chi connectivity index (χ0) is 22.3. The molecule has 0 unspecified atom stereocenters. The predicted molar refractivity (Wildman–Crippen MR) is 119 cm³/mol. The maximum absolute atomic E-state index is 12.4. The Labute approximate surface area is 178 Å². The summed E-state index contributed by atoms with van der Waals surface area (Å²) in [6, 6.07) is 11.5. The summed E-state index contributed by atoms with van der Waals surface area (Å²) in [5.41, 5.74) is 2.29. The van der Waals surface area contributed by atoms with Crippen LogP contribution >= 0.6 is 0 Å². The van der Waals surface area contributed by atoms with Crippen LogP contribution in [-0.2, 0) is 4.79 Å². The van der Waals surface area contributed by atoms with E-state index in [9.17, 15) is 4.79 Å². The molecule has 0 saturated heterocycles. The van der Waals surface area contributed by atoms with Gasteiger partial charge >= 0.3 is 0 Å². The van der Waals surface area contributed by atoms with Gasteiger partial charge in [0.1, 0.15) is 5.75 Å². The van der Waals surface area contributed by atoms with Crippen LogP contribution in [0.2, 0.25) is 0 Å². The highest BCUT2D eigenvalue weighted by Crippen LogP contribution is 2.39. The van der Waals surface area contributed by atoms with E-state index in [2.05, 4.69) is 5.32 Å². The number of rotatable bonds is 8. The number of ether oxygens (including phenoxy) is 4. The van der Waals surface area contributed by atoms with E-state index in [1.54, 1.807) is 28.4 Å². The number of carbonyl (C=O) groups is 1. The number of hydrogen-bond acceptors (Lipinski definition) is 5. The molecule has 6 nitrogen and oxygen atoms in total. The van der Waals surface area contributed by atoms with E-state index in [0.29, 0.717) is 23.8 Å². The van der Waals surface area contributed by atoms with Gasteiger partial charge < -0.3 is 24.3 Å². The third kappa shape index (κ3) is 5.69. The highest BCUT2D eigenvalue weighted by molar-refractivity contribution is 5.88. The van der Waals surface area contributed by atoms with E-state index >= 15 is 0 Å². The molecule has 0 saturated carbocycles. The molecule has 6 heteroatoms. The lowest BCUT2D eigenvalue weighted by Gasteiger charge is -2.19. The van der Waals surface area contributed by atoms with Crippen LogP contribution in [0.25, 0.3) is 11.6 Å². The number of nitrogens with one attached hydrogen (secondary N) is 1. The predicted octanol–water partition coefficient (Wildman–Crippen LogP) is 4.42. The molecule has 0 radical (unpaired) electrons. The van der Waals surface area contributed by atoms with Gasteiger partial charge in [-0.25, -0.2) is 0 Å². The number of benzene rings is 2. The summed E-state index contributed by atoms with van der Waals surface area (Å²) in [5.74, 6) is 2.41. The number of hydrogen-bond donors (Lipinski definition) is 1. The largest absolute Gasteiger partial charge is 0.497 e. The average molecular weight is 414 g/mol. The Hall–Kier alpha value is -3.15. The van der Waals surface area contributed by atoms with Crippen LogP contribution in [0, 0.1) is 5.41 Å². The van der Waals surface area contributed by atoms with Gasteiger partial charge in [-0.3, -0.25) is 4.79 Å². The van der Waals surface area contributed by atoms with Gasteiger partial charge in [-0.15, -0.1) is 0 Å². The van der Waals surface area contributed by atoms with Gasteiger partial charge in [-0.2, -0.15) is 0 Å². The molecule has 2 rings (SSSR count). The molecule has 0 bridgehead atoms. The zero-order valence-corrected chi connectivity index (χ0v) is 18.8. The van der Waals surface area contributed by atoms with Crippen LogP contribution in [0.3, 0.4) is 0 Å². The van der Waals surface area contributed by atoms with Crippen molar-refractivity contribution in [2.45, 2.75) is 20.8 Å². The lowest BCUT2D eigenvalue weighted by molar-refractivity contribution is -0.128. The van der Waals surface area contributed by atoms with E-state index < -0.39 is 5.41 Å². The van der Waals surface area contributed by atoms with Gasteiger partial charge in [0, 0.05) is 12.0 Å². The molecule has 2 aromatic carbocycles. The van der Waals surface area contributed by atoms with Gasteiger partial charge in [-0.05, 0) is 47.0 Å². The van der Waals surface area contributed by atoms with Crippen molar-refractivity contribution >= 4 is 17.6 Å². The Morgan fingerprint density at radius 3 is 1.90 bits per heavy atom. The van der Waals surface area contributed by atoms with Crippen molar-refractivity contribution in [3.63, 3.8) is 0 Å². The second kappa shape index (κ2) is 10.1. The van der Waals surface area contributed by atoms with Crippen molar-refractivity contribution in [1.82, 2.24) is 5.32 Å². The van der Waals surface area contributed by atoms with Crippen molar-refractivity contribution < 1.29 is 23.7 Å². The molecule has 0 spiro atoms. The summed E-state index contributed by atoms with van der Waals surface area (Å²) >= 11 is 0. The van der Waals surface area contributed by atoms with Gasteiger partial charge in [0.2, 0.25) is 11.7 Å². The Morgan fingerprint density at radius 1 is 0.900 bits per heavy atom. The van der Waals surface area contributed by atoms with Crippen molar-refractivity contribution in [2.75, 3.05) is 35.0 Å². The lowest BCUT2D eigenvalue weighted by Crippen LogP contribution is -2.35. The summed E-state index contributed by atoms with van der Waals surface area (Å²) < 4.78 is 21.6. The molecule has 162 valence electrons. The third-order valence-corrected chi connectivity index (χ3v) is 4.61. The SMILES string of the molecule is COc1ccc(/C(=C\c2cc(OC)c(OC)c(OC)c2)CNC(=O)C(C)(C)C)cc1. The minimum absolute atomic E-state index is 0.0215. The highest BCUT2D eigenvalue weighted by Gasteiger charge is 2.21. The highest BCUT2D eigenvalue weighted by atomic mass is 16.5. The molecule has 30 heavy (non-hydrogen) atoms. The first kappa shape index (κ1) is 23.1. The zero-order valence-electron chi connectivity index (χ0n) is 18.8.